The molecule has 3 aromatic rings. The number of benzene rings is 2. The highest BCUT2D eigenvalue weighted by Gasteiger charge is 2.22. The van der Waals surface area contributed by atoms with Crippen LogP contribution in [0.15, 0.2) is 47.6 Å². The first-order chi connectivity index (χ1) is 20.4. The van der Waals surface area contributed by atoms with Crippen molar-refractivity contribution in [3.8, 4) is 5.75 Å². The van der Waals surface area contributed by atoms with Crippen molar-refractivity contribution in [3.05, 3.63) is 73.8 Å². The van der Waals surface area contributed by atoms with E-state index in [1.54, 1.807) is 18.3 Å². The molecular weight excluding hydrogens is 546 g/mol. The van der Waals surface area contributed by atoms with Crippen LogP contribution in [-0.4, -0.2) is 63.2 Å². The number of nitrogens with zero attached hydrogens (tertiary/aromatic N) is 8. The zero-order valence-electron chi connectivity index (χ0n) is 22.7. The van der Waals surface area contributed by atoms with Gasteiger partial charge in [-0.25, -0.2) is 10.2 Å². The van der Waals surface area contributed by atoms with Crippen LogP contribution < -0.4 is 20.0 Å². The minimum atomic E-state index is -0.964. The quantitative estimate of drug-likeness (QED) is 0.125. The Kier molecular flexibility index (Phi) is 8.75. The lowest BCUT2D eigenvalue weighted by molar-refractivity contribution is -0.394. The Morgan fingerprint density at radius 3 is 1.83 bits per heavy atom. The van der Waals surface area contributed by atoms with Crippen LogP contribution in [0.3, 0.4) is 0 Å². The van der Waals surface area contributed by atoms with Crippen molar-refractivity contribution in [2.75, 3.05) is 41.4 Å². The summed E-state index contributed by atoms with van der Waals surface area (Å²) in [6, 6.07) is 8.95. The summed E-state index contributed by atoms with van der Waals surface area (Å²) in [5.41, 5.74) is 2.11. The van der Waals surface area contributed by atoms with Gasteiger partial charge in [0.2, 0.25) is 17.8 Å². The van der Waals surface area contributed by atoms with E-state index in [9.17, 15) is 25.0 Å². The normalized spacial score (nSPS) is 15.4. The van der Waals surface area contributed by atoms with E-state index < -0.39 is 27.2 Å². The number of nitrogens with one attached hydrogen (secondary N) is 1. The fourth-order valence-electron chi connectivity index (χ4n) is 4.75. The number of hydrogen-bond acceptors (Lipinski definition) is 13. The van der Waals surface area contributed by atoms with E-state index in [1.165, 1.54) is 25.0 Å². The van der Waals surface area contributed by atoms with E-state index in [-0.39, 0.29) is 11.3 Å². The largest absolute Gasteiger partial charge is 0.423 e. The number of carbonyl (C=O) groups excluding carboxylic acids is 1. The second-order valence-electron chi connectivity index (χ2n) is 9.94. The average molecular weight is 576 g/mol. The molecular formula is C27H29N9O6. The van der Waals surface area contributed by atoms with Crippen LogP contribution in [0.5, 0.6) is 5.75 Å². The molecule has 15 heteroatoms. The van der Waals surface area contributed by atoms with E-state index in [0.29, 0.717) is 23.4 Å². The molecule has 1 aromatic heterocycles. The lowest BCUT2D eigenvalue weighted by atomic mass is 10.1. The van der Waals surface area contributed by atoms with Crippen LogP contribution in [0, 0.1) is 20.2 Å². The van der Waals surface area contributed by atoms with Gasteiger partial charge in [-0.1, -0.05) is 0 Å². The highest BCUT2D eigenvalue weighted by atomic mass is 16.6. The highest BCUT2D eigenvalue weighted by Crippen LogP contribution is 2.25. The molecule has 2 saturated heterocycles. The summed E-state index contributed by atoms with van der Waals surface area (Å²) in [5, 5.41) is 26.5. The van der Waals surface area contributed by atoms with Gasteiger partial charge in [0.1, 0.15) is 5.75 Å². The van der Waals surface area contributed by atoms with Crippen molar-refractivity contribution in [2.24, 2.45) is 5.10 Å². The lowest BCUT2D eigenvalue weighted by Gasteiger charge is -2.30. The molecule has 0 atom stereocenters. The molecule has 0 amide bonds. The van der Waals surface area contributed by atoms with Crippen molar-refractivity contribution in [1.82, 2.24) is 15.0 Å². The summed E-state index contributed by atoms with van der Waals surface area (Å²) in [6.07, 6.45) is 8.35. The van der Waals surface area contributed by atoms with E-state index in [1.807, 2.05) is 0 Å². The zero-order chi connectivity index (χ0) is 29.5. The molecule has 2 aromatic carbocycles. The molecule has 2 aliphatic rings. The second-order valence-corrected chi connectivity index (χ2v) is 9.94. The molecule has 5 rings (SSSR count). The third-order valence-electron chi connectivity index (χ3n) is 6.92. The van der Waals surface area contributed by atoms with Crippen molar-refractivity contribution in [2.45, 2.75) is 38.5 Å². The SMILES string of the molecule is O=C(Oc1ccc(/C=N\Nc2nc(N3CCCCC3)nc(N3CCCCC3)n2)cc1)c1cc([N+](=O)[O-])cc([N+](=O)[O-])c1. The Bertz CT molecular complexity index is 1420. The summed E-state index contributed by atoms with van der Waals surface area (Å²) in [6.45, 7) is 3.62. The van der Waals surface area contributed by atoms with Gasteiger partial charge in [-0.3, -0.25) is 20.2 Å². The average Bonchev–Trinajstić information content (AvgIpc) is 3.02. The number of non-ortho nitro benzene ring substituents is 2. The first kappa shape index (κ1) is 28.3. The second kappa shape index (κ2) is 13.0. The van der Waals surface area contributed by atoms with Gasteiger partial charge in [0, 0.05) is 38.3 Å². The molecule has 1 N–H and O–H groups in total. The maximum absolute atomic E-state index is 12.5. The molecule has 0 spiro atoms. The molecule has 15 nitrogen and oxygen atoms in total. The number of rotatable bonds is 9. The molecule has 0 radical (unpaired) electrons. The van der Waals surface area contributed by atoms with Gasteiger partial charge in [-0.15, -0.1) is 0 Å². The van der Waals surface area contributed by atoms with Gasteiger partial charge in [0.15, 0.2) is 0 Å². The molecule has 218 valence electrons. The molecule has 3 heterocycles. The molecule has 2 fully saturated rings. The molecule has 2 aliphatic heterocycles. The first-order valence-corrected chi connectivity index (χ1v) is 13.7. The van der Waals surface area contributed by atoms with Gasteiger partial charge in [0.05, 0.1) is 27.7 Å². The van der Waals surface area contributed by atoms with Crippen molar-refractivity contribution in [1.29, 1.82) is 0 Å². The van der Waals surface area contributed by atoms with Crippen LogP contribution in [0.2, 0.25) is 0 Å². The number of carbonyl (C=O) groups is 1. The van der Waals surface area contributed by atoms with Crippen molar-refractivity contribution >= 4 is 41.4 Å². The lowest BCUT2D eigenvalue weighted by Crippen LogP contribution is -2.34. The number of hydrazone groups is 1. The maximum Gasteiger partial charge on any atom is 0.344 e. The van der Waals surface area contributed by atoms with Gasteiger partial charge in [-0.05, 0) is 68.4 Å². The number of ether oxygens (including phenoxy) is 1. The number of anilines is 3. The van der Waals surface area contributed by atoms with Crippen LogP contribution >= 0.6 is 0 Å². The van der Waals surface area contributed by atoms with Gasteiger partial charge < -0.3 is 14.5 Å². The van der Waals surface area contributed by atoms with Crippen molar-refractivity contribution < 1.29 is 19.4 Å². The summed E-state index contributed by atoms with van der Waals surface area (Å²) >= 11 is 0. The summed E-state index contributed by atoms with van der Waals surface area (Å²) < 4.78 is 5.26. The molecule has 0 bridgehead atoms. The highest BCUT2D eigenvalue weighted by molar-refractivity contribution is 5.92. The molecule has 42 heavy (non-hydrogen) atoms. The fraction of sp³-hybridized carbons (Fsp3) is 0.370. The molecule has 0 saturated carbocycles. The Balaban J connectivity index is 1.26. The number of nitro benzene ring substituents is 2. The zero-order valence-corrected chi connectivity index (χ0v) is 22.7. The summed E-state index contributed by atoms with van der Waals surface area (Å²) in [7, 11) is 0. The van der Waals surface area contributed by atoms with E-state index in [0.717, 1.165) is 70.1 Å². The predicted octanol–water partition coefficient (Wildman–Crippen LogP) is 4.33. The summed E-state index contributed by atoms with van der Waals surface area (Å²) in [4.78, 5) is 51.4. The third-order valence-corrected chi connectivity index (χ3v) is 6.92. The Labute approximate surface area is 240 Å². The van der Waals surface area contributed by atoms with Gasteiger partial charge in [-0.2, -0.15) is 20.1 Å². The number of aromatic nitrogens is 3. The monoisotopic (exact) mass is 575 g/mol. The van der Waals surface area contributed by atoms with Crippen molar-refractivity contribution in [3.63, 3.8) is 0 Å². The Hall–Kier alpha value is -5.21. The molecule has 0 aliphatic carbocycles. The Morgan fingerprint density at radius 1 is 0.810 bits per heavy atom. The van der Waals surface area contributed by atoms with Crippen LogP contribution in [0.4, 0.5) is 29.2 Å². The minimum Gasteiger partial charge on any atom is -0.423 e. The van der Waals surface area contributed by atoms with Crippen LogP contribution in [-0.2, 0) is 0 Å². The standard InChI is InChI=1S/C27H29N9O6/c37-24(20-15-21(35(38)39)17-22(16-20)36(40)41)42-23-9-7-19(8-10-23)18-28-32-25-29-26(33-11-3-1-4-12-33)31-27(30-25)34-13-5-2-6-14-34/h7-10,15-18H,1-6,11-14H2,(H,29,30,31,32)/b28-18-. The fourth-order valence-corrected chi connectivity index (χ4v) is 4.75. The number of hydrogen-bond donors (Lipinski definition) is 1. The topological polar surface area (TPSA) is 182 Å². The maximum atomic E-state index is 12.5. The van der Waals surface area contributed by atoms with E-state index in [4.69, 9.17) is 9.72 Å². The third kappa shape index (κ3) is 7.10. The predicted molar refractivity (Wildman–Crippen MR) is 154 cm³/mol. The first-order valence-electron chi connectivity index (χ1n) is 13.7. The summed E-state index contributed by atoms with van der Waals surface area (Å²) in [5.74, 6) is 0.813. The number of nitro groups is 2. The number of esters is 1. The van der Waals surface area contributed by atoms with Crippen LogP contribution in [0.1, 0.15) is 54.4 Å². The van der Waals surface area contributed by atoms with Gasteiger partial charge >= 0.3 is 5.97 Å². The number of piperidine rings is 2. The van der Waals surface area contributed by atoms with Crippen LogP contribution in [0.25, 0.3) is 0 Å². The minimum absolute atomic E-state index is 0.147. The van der Waals surface area contributed by atoms with E-state index >= 15 is 0 Å². The smallest absolute Gasteiger partial charge is 0.344 e. The Morgan fingerprint density at radius 2 is 1.33 bits per heavy atom. The van der Waals surface area contributed by atoms with E-state index in [2.05, 4.69) is 30.3 Å². The molecule has 0 unspecified atom stereocenters. The van der Waals surface area contributed by atoms with Gasteiger partial charge in [0.25, 0.3) is 11.4 Å².